The van der Waals surface area contributed by atoms with Crippen LogP contribution in [0.3, 0.4) is 0 Å². The molecule has 0 saturated heterocycles. The van der Waals surface area contributed by atoms with Crippen molar-refractivity contribution in [2.24, 2.45) is 5.92 Å². The summed E-state index contributed by atoms with van der Waals surface area (Å²) >= 11 is 0. The normalized spacial score (nSPS) is 19.1. The van der Waals surface area contributed by atoms with Crippen LogP contribution in [0.4, 0.5) is 4.79 Å². The molecule has 1 aliphatic rings. The van der Waals surface area contributed by atoms with E-state index in [0.717, 1.165) is 13.0 Å². The van der Waals surface area contributed by atoms with Crippen molar-refractivity contribution in [2.75, 3.05) is 13.1 Å². The molecule has 1 aliphatic heterocycles. The minimum Gasteiger partial charge on any atom is -0.444 e. The Labute approximate surface area is 146 Å². The summed E-state index contributed by atoms with van der Waals surface area (Å²) in [7, 11) is 0. The third-order valence-electron chi connectivity index (χ3n) is 4.67. The molecule has 1 N–H and O–H groups in total. The van der Waals surface area contributed by atoms with Crippen molar-refractivity contribution in [3.8, 4) is 0 Å². The largest absolute Gasteiger partial charge is 0.444 e. The van der Waals surface area contributed by atoms with E-state index in [0.29, 0.717) is 18.5 Å². The summed E-state index contributed by atoms with van der Waals surface area (Å²) in [6, 6.07) is 8.85. The molecule has 4 nitrogen and oxygen atoms in total. The second kappa shape index (κ2) is 7.56. The van der Waals surface area contributed by atoms with Crippen LogP contribution in [0, 0.1) is 5.92 Å². The van der Waals surface area contributed by atoms with Gasteiger partial charge in [-0.15, -0.1) is 0 Å². The molecular weight excluding hydrogens is 300 g/mol. The molecule has 0 saturated carbocycles. The molecule has 1 aromatic rings. The van der Waals surface area contributed by atoms with Crippen LogP contribution in [0.5, 0.6) is 0 Å². The zero-order valence-electron chi connectivity index (χ0n) is 15.9. The molecule has 2 atom stereocenters. The van der Waals surface area contributed by atoms with Gasteiger partial charge in [0, 0.05) is 19.1 Å². The fraction of sp³-hybridized carbons (Fsp3) is 0.650. The van der Waals surface area contributed by atoms with Crippen molar-refractivity contribution in [1.29, 1.82) is 0 Å². The number of ether oxygens (including phenoxy) is 1. The lowest BCUT2D eigenvalue weighted by Crippen LogP contribution is -2.47. The summed E-state index contributed by atoms with van der Waals surface area (Å²) in [4.78, 5) is 14.6. The Kier molecular flexibility index (Phi) is 5.92. The molecule has 0 radical (unpaired) electrons. The fourth-order valence-corrected chi connectivity index (χ4v) is 2.94. The summed E-state index contributed by atoms with van der Waals surface area (Å²) in [6.45, 7) is 13.8. The SMILES string of the molecule is CC(C)C(C)NCC1c2ccccc2CCN1C(=O)OC(C)(C)C. The van der Waals surface area contributed by atoms with Crippen LogP contribution in [-0.4, -0.2) is 35.7 Å². The Bertz CT molecular complexity index is 563. The molecular formula is C20H32N2O2. The molecule has 1 amide bonds. The van der Waals surface area contributed by atoms with Gasteiger partial charge < -0.3 is 10.1 Å². The first-order chi connectivity index (χ1) is 11.2. The van der Waals surface area contributed by atoms with Gasteiger partial charge in [-0.05, 0) is 51.2 Å². The highest BCUT2D eigenvalue weighted by atomic mass is 16.6. The maximum atomic E-state index is 12.7. The van der Waals surface area contributed by atoms with Gasteiger partial charge in [-0.3, -0.25) is 4.90 Å². The smallest absolute Gasteiger partial charge is 0.410 e. The first kappa shape index (κ1) is 18.8. The molecule has 0 aliphatic carbocycles. The van der Waals surface area contributed by atoms with Gasteiger partial charge in [0.1, 0.15) is 5.60 Å². The standard InChI is InChI=1S/C20H32N2O2/c1-14(2)15(3)21-13-18-17-10-8-7-9-16(17)11-12-22(18)19(23)24-20(4,5)6/h7-10,14-15,18,21H,11-13H2,1-6H3. The number of hydrogen-bond donors (Lipinski definition) is 1. The van der Waals surface area contributed by atoms with E-state index >= 15 is 0 Å². The number of nitrogens with one attached hydrogen (secondary N) is 1. The van der Waals surface area contributed by atoms with E-state index in [1.165, 1.54) is 11.1 Å². The lowest BCUT2D eigenvalue weighted by Gasteiger charge is -2.39. The molecule has 1 aromatic carbocycles. The Morgan fingerprint density at radius 1 is 1.29 bits per heavy atom. The van der Waals surface area contributed by atoms with Crippen molar-refractivity contribution in [3.05, 3.63) is 35.4 Å². The van der Waals surface area contributed by atoms with E-state index in [4.69, 9.17) is 4.74 Å². The minimum atomic E-state index is -0.475. The molecule has 4 heteroatoms. The van der Waals surface area contributed by atoms with Crippen LogP contribution in [0.2, 0.25) is 0 Å². The van der Waals surface area contributed by atoms with Crippen molar-refractivity contribution >= 4 is 6.09 Å². The summed E-state index contributed by atoms with van der Waals surface area (Å²) < 4.78 is 5.64. The lowest BCUT2D eigenvalue weighted by molar-refractivity contribution is 0.0138. The van der Waals surface area contributed by atoms with Crippen LogP contribution in [0.1, 0.15) is 58.7 Å². The zero-order valence-corrected chi connectivity index (χ0v) is 15.9. The average Bonchev–Trinajstić information content (AvgIpc) is 2.50. The number of nitrogens with zero attached hydrogens (tertiary/aromatic N) is 1. The average molecular weight is 332 g/mol. The van der Waals surface area contributed by atoms with Gasteiger partial charge in [-0.25, -0.2) is 4.79 Å². The van der Waals surface area contributed by atoms with Crippen molar-refractivity contribution < 1.29 is 9.53 Å². The number of carbonyl (C=O) groups excluding carboxylic acids is 1. The first-order valence-corrected chi connectivity index (χ1v) is 9.00. The van der Waals surface area contributed by atoms with E-state index in [-0.39, 0.29) is 12.1 Å². The van der Waals surface area contributed by atoms with Crippen molar-refractivity contribution in [3.63, 3.8) is 0 Å². The highest BCUT2D eigenvalue weighted by Crippen LogP contribution is 2.30. The predicted molar refractivity (Wildman–Crippen MR) is 98.1 cm³/mol. The number of benzene rings is 1. The first-order valence-electron chi connectivity index (χ1n) is 9.00. The Hall–Kier alpha value is -1.55. The Morgan fingerprint density at radius 3 is 2.58 bits per heavy atom. The molecule has 2 rings (SSSR count). The van der Waals surface area contributed by atoms with Gasteiger partial charge >= 0.3 is 6.09 Å². The number of amides is 1. The zero-order chi connectivity index (χ0) is 17.9. The van der Waals surface area contributed by atoms with Crippen LogP contribution >= 0.6 is 0 Å². The van der Waals surface area contributed by atoms with E-state index in [2.05, 4.69) is 50.4 Å². The monoisotopic (exact) mass is 332 g/mol. The fourth-order valence-electron chi connectivity index (χ4n) is 2.94. The van der Waals surface area contributed by atoms with E-state index in [9.17, 15) is 4.79 Å². The topological polar surface area (TPSA) is 41.6 Å². The lowest BCUT2D eigenvalue weighted by atomic mass is 9.92. The van der Waals surface area contributed by atoms with Crippen LogP contribution in [0.25, 0.3) is 0 Å². The van der Waals surface area contributed by atoms with E-state index in [1.807, 2.05) is 25.7 Å². The maximum absolute atomic E-state index is 12.7. The molecule has 1 heterocycles. The second-order valence-electron chi connectivity index (χ2n) is 8.08. The highest BCUT2D eigenvalue weighted by molar-refractivity contribution is 5.69. The number of hydrogen-bond acceptors (Lipinski definition) is 3. The number of fused-ring (bicyclic) bond motifs is 1. The molecule has 0 bridgehead atoms. The highest BCUT2D eigenvalue weighted by Gasteiger charge is 2.33. The molecule has 0 spiro atoms. The van der Waals surface area contributed by atoms with Gasteiger partial charge in [0.15, 0.2) is 0 Å². The molecule has 2 unspecified atom stereocenters. The quantitative estimate of drug-likeness (QED) is 0.900. The molecule has 0 aromatic heterocycles. The summed E-state index contributed by atoms with van der Waals surface area (Å²) in [5, 5.41) is 3.59. The van der Waals surface area contributed by atoms with Crippen LogP contribution in [0.15, 0.2) is 24.3 Å². The van der Waals surface area contributed by atoms with Gasteiger partial charge in [0.25, 0.3) is 0 Å². The minimum absolute atomic E-state index is 0.0194. The van der Waals surface area contributed by atoms with Crippen molar-refractivity contribution in [2.45, 2.75) is 65.6 Å². The molecule has 134 valence electrons. The van der Waals surface area contributed by atoms with Gasteiger partial charge in [-0.1, -0.05) is 38.1 Å². The summed E-state index contributed by atoms with van der Waals surface area (Å²) in [6.07, 6.45) is 0.659. The third-order valence-corrected chi connectivity index (χ3v) is 4.67. The molecule has 24 heavy (non-hydrogen) atoms. The van der Waals surface area contributed by atoms with Gasteiger partial charge in [0.2, 0.25) is 0 Å². The predicted octanol–water partition coefficient (Wildman–Crippen LogP) is 4.16. The van der Waals surface area contributed by atoms with E-state index < -0.39 is 5.60 Å². The van der Waals surface area contributed by atoms with Crippen molar-refractivity contribution in [1.82, 2.24) is 10.2 Å². The maximum Gasteiger partial charge on any atom is 0.410 e. The number of rotatable bonds is 4. The van der Waals surface area contributed by atoms with E-state index in [1.54, 1.807) is 0 Å². The Balaban J connectivity index is 2.21. The Morgan fingerprint density at radius 2 is 1.96 bits per heavy atom. The van der Waals surface area contributed by atoms with Gasteiger partial charge in [-0.2, -0.15) is 0 Å². The third kappa shape index (κ3) is 4.73. The summed E-state index contributed by atoms with van der Waals surface area (Å²) in [5.41, 5.74) is 2.09. The second-order valence-corrected chi connectivity index (χ2v) is 8.08. The molecule has 0 fully saturated rings. The van der Waals surface area contributed by atoms with Crippen LogP contribution in [-0.2, 0) is 11.2 Å². The summed E-state index contributed by atoms with van der Waals surface area (Å²) in [5.74, 6) is 0.554. The van der Waals surface area contributed by atoms with Crippen LogP contribution < -0.4 is 5.32 Å². The number of carbonyl (C=O) groups is 1. The van der Waals surface area contributed by atoms with Gasteiger partial charge in [0.05, 0.1) is 6.04 Å².